The molecule has 1 N–H and O–H groups in total. The van der Waals surface area contributed by atoms with Crippen molar-refractivity contribution >= 4 is 0 Å². The minimum absolute atomic E-state index is 0.770. The molecule has 0 bridgehead atoms. The second-order valence-corrected chi connectivity index (χ2v) is 7.28. The summed E-state index contributed by atoms with van der Waals surface area (Å²) in [5.74, 6) is 2.90. The van der Waals surface area contributed by atoms with Gasteiger partial charge in [-0.1, -0.05) is 33.1 Å². The molecule has 0 aromatic carbocycles. The zero-order valence-electron chi connectivity index (χ0n) is 14.0. The summed E-state index contributed by atoms with van der Waals surface area (Å²) >= 11 is 0. The molecular weight excluding hydrogens is 244 g/mol. The Balaban J connectivity index is 1.81. The highest BCUT2D eigenvalue weighted by molar-refractivity contribution is 4.86. The lowest BCUT2D eigenvalue weighted by Crippen LogP contribution is -2.46. The van der Waals surface area contributed by atoms with Gasteiger partial charge in [0.1, 0.15) is 0 Å². The van der Waals surface area contributed by atoms with Crippen molar-refractivity contribution in [3.63, 3.8) is 0 Å². The van der Waals surface area contributed by atoms with E-state index in [4.69, 9.17) is 0 Å². The van der Waals surface area contributed by atoms with Crippen molar-refractivity contribution in [3.05, 3.63) is 0 Å². The number of nitrogens with one attached hydrogen (secondary N) is 1. The van der Waals surface area contributed by atoms with E-state index in [1.54, 1.807) is 0 Å². The maximum Gasteiger partial charge on any atom is 0.0105 e. The Labute approximate surface area is 126 Å². The topological polar surface area (TPSA) is 15.3 Å². The normalized spacial score (nSPS) is 33.5. The van der Waals surface area contributed by atoms with Crippen LogP contribution in [0.1, 0.15) is 65.2 Å². The van der Waals surface area contributed by atoms with E-state index >= 15 is 0 Å². The summed E-state index contributed by atoms with van der Waals surface area (Å²) in [5, 5.41) is 3.60. The van der Waals surface area contributed by atoms with Gasteiger partial charge in [0.15, 0.2) is 0 Å². The van der Waals surface area contributed by atoms with Gasteiger partial charge >= 0.3 is 0 Å². The Hall–Kier alpha value is -0.0800. The van der Waals surface area contributed by atoms with Gasteiger partial charge in [0.05, 0.1) is 0 Å². The molecule has 20 heavy (non-hydrogen) atoms. The van der Waals surface area contributed by atoms with E-state index in [1.165, 1.54) is 71.0 Å². The molecule has 118 valence electrons. The minimum Gasteiger partial charge on any atom is -0.317 e. The van der Waals surface area contributed by atoms with E-state index in [9.17, 15) is 0 Å². The second-order valence-electron chi connectivity index (χ2n) is 7.28. The lowest BCUT2D eigenvalue weighted by Gasteiger charge is -2.41. The largest absolute Gasteiger partial charge is 0.317 e. The van der Waals surface area contributed by atoms with Crippen molar-refractivity contribution in [2.24, 2.45) is 17.8 Å². The molecule has 2 fully saturated rings. The van der Waals surface area contributed by atoms with Crippen molar-refractivity contribution in [1.82, 2.24) is 10.2 Å². The third-order valence-electron chi connectivity index (χ3n) is 5.94. The highest BCUT2D eigenvalue weighted by Gasteiger charge is 2.31. The highest BCUT2D eigenvalue weighted by atomic mass is 15.1. The molecule has 0 aromatic heterocycles. The summed E-state index contributed by atoms with van der Waals surface area (Å²) < 4.78 is 0. The van der Waals surface area contributed by atoms with E-state index in [2.05, 4.69) is 31.1 Å². The summed E-state index contributed by atoms with van der Waals surface area (Å²) in [7, 11) is 2.17. The van der Waals surface area contributed by atoms with Gasteiger partial charge in [-0.3, -0.25) is 0 Å². The molecule has 1 saturated carbocycles. The van der Waals surface area contributed by atoms with Gasteiger partial charge in [-0.25, -0.2) is 0 Å². The summed E-state index contributed by atoms with van der Waals surface area (Å²) in [6, 6.07) is 0.770. The van der Waals surface area contributed by atoms with E-state index in [0.29, 0.717) is 0 Å². The molecule has 2 nitrogen and oxygen atoms in total. The fourth-order valence-corrected chi connectivity index (χ4v) is 4.52. The van der Waals surface area contributed by atoms with Gasteiger partial charge in [0.25, 0.3) is 0 Å². The third kappa shape index (κ3) is 4.46. The van der Waals surface area contributed by atoms with Crippen LogP contribution in [0.4, 0.5) is 0 Å². The van der Waals surface area contributed by atoms with Crippen LogP contribution in [0.3, 0.4) is 0 Å². The van der Waals surface area contributed by atoms with Crippen LogP contribution in [0.25, 0.3) is 0 Å². The number of hydrogen-bond donors (Lipinski definition) is 1. The molecule has 3 atom stereocenters. The SMILES string of the molecule is CCCC1CCC(NC)C(CN2CCC(CC)CC2)C1. The van der Waals surface area contributed by atoms with E-state index < -0.39 is 0 Å². The predicted molar refractivity (Wildman–Crippen MR) is 88.0 cm³/mol. The maximum atomic E-state index is 3.60. The van der Waals surface area contributed by atoms with Crippen LogP contribution in [0.15, 0.2) is 0 Å². The molecule has 1 aliphatic carbocycles. The summed E-state index contributed by atoms with van der Waals surface area (Å²) in [5.41, 5.74) is 0. The van der Waals surface area contributed by atoms with Crippen molar-refractivity contribution in [2.45, 2.75) is 71.3 Å². The summed E-state index contributed by atoms with van der Waals surface area (Å²) in [6.45, 7) is 8.75. The molecule has 2 heteroatoms. The fraction of sp³-hybridized carbons (Fsp3) is 1.00. The molecule has 0 aromatic rings. The first-order valence-electron chi connectivity index (χ1n) is 9.16. The summed E-state index contributed by atoms with van der Waals surface area (Å²) in [4.78, 5) is 2.76. The second kappa shape index (κ2) is 8.38. The average Bonchev–Trinajstić information content (AvgIpc) is 2.49. The smallest absolute Gasteiger partial charge is 0.0105 e. The Kier molecular flexibility index (Phi) is 6.83. The molecule has 0 spiro atoms. The standard InChI is InChI=1S/C18H36N2/c1-4-6-16-7-8-18(19-3)17(13-16)14-20-11-9-15(5-2)10-12-20/h15-19H,4-14H2,1-3H3. The zero-order chi connectivity index (χ0) is 14.4. The first-order valence-corrected chi connectivity index (χ1v) is 9.16. The van der Waals surface area contributed by atoms with Gasteiger partial charge in [0.2, 0.25) is 0 Å². The summed E-state index contributed by atoms with van der Waals surface area (Å²) in [6.07, 6.45) is 11.4. The molecule has 3 unspecified atom stereocenters. The van der Waals surface area contributed by atoms with Crippen molar-refractivity contribution in [1.29, 1.82) is 0 Å². The van der Waals surface area contributed by atoms with Gasteiger partial charge in [0, 0.05) is 12.6 Å². The first-order chi connectivity index (χ1) is 9.76. The van der Waals surface area contributed by atoms with Crippen molar-refractivity contribution in [2.75, 3.05) is 26.7 Å². The predicted octanol–water partition coefficient (Wildman–Crippen LogP) is 3.91. The van der Waals surface area contributed by atoms with Crippen LogP contribution in [-0.4, -0.2) is 37.6 Å². The Bertz CT molecular complexity index is 258. The molecule has 1 saturated heterocycles. The number of rotatable bonds is 6. The number of nitrogens with zero attached hydrogens (tertiary/aromatic N) is 1. The van der Waals surface area contributed by atoms with Crippen LogP contribution < -0.4 is 5.32 Å². The van der Waals surface area contributed by atoms with E-state index in [-0.39, 0.29) is 0 Å². The molecule has 0 radical (unpaired) electrons. The lowest BCUT2D eigenvalue weighted by molar-refractivity contribution is 0.110. The molecule has 1 aliphatic heterocycles. The van der Waals surface area contributed by atoms with Crippen LogP contribution in [0.2, 0.25) is 0 Å². The number of hydrogen-bond acceptors (Lipinski definition) is 2. The minimum atomic E-state index is 0.770. The lowest BCUT2D eigenvalue weighted by atomic mass is 9.76. The molecule has 2 rings (SSSR count). The average molecular weight is 280 g/mol. The number of likely N-dealkylation sites (tertiary alicyclic amines) is 1. The van der Waals surface area contributed by atoms with Gasteiger partial charge in [-0.05, 0) is 70.0 Å². The quantitative estimate of drug-likeness (QED) is 0.793. The van der Waals surface area contributed by atoms with Crippen molar-refractivity contribution in [3.8, 4) is 0 Å². The molecule has 1 heterocycles. The molecule has 2 aliphatic rings. The fourth-order valence-electron chi connectivity index (χ4n) is 4.52. The Morgan fingerprint density at radius 2 is 1.75 bits per heavy atom. The van der Waals surface area contributed by atoms with Gasteiger partial charge < -0.3 is 10.2 Å². The molecule has 0 amide bonds. The van der Waals surface area contributed by atoms with E-state index in [1.807, 2.05) is 0 Å². The third-order valence-corrected chi connectivity index (χ3v) is 5.94. The Morgan fingerprint density at radius 3 is 2.35 bits per heavy atom. The van der Waals surface area contributed by atoms with Crippen LogP contribution >= 0.6 is 0 Å². The monoisotopic (exact) mass is 280 g/mol. The van der Waals surface area contributed by atoms with Crippen LogP contribution in [0.5, 0.6) is 0 Å². The maximum absolute atomic E-state index is 3.60. The highest BCUT2D eigenvalue weighted by Crippen LogP contribution is 2.33. The zero-order valence-corrected chi connectivity index (χ0v) is 14.0. The van der Waals surface area contributed by atoms with Gasteiger partial charge in [-0.2, -0.15) is 0 Å². The number of piperidine rings is 1. The Morgan fingerprint density at radius 1 is 1.00 bits per heavy atom. The van der Waals surface area contributed by atoms with Crippen LogP contribution in [-0.2, 0) is 0 Å². The van der Waals surface area contributed by atoms with Gasteiger partial charge in [-0.15, -0.1) is 0 Å². The van der Waals surface area contributed by atoms with E-state index in [0.717, 1.165) is 23.8 Å². The van der Waals surface area contributed by atoms with Crippen molar-refractivity contribution < 1.29 is 0 Å². The van der Waals surface area contributed by atoms with Crippen LogP contribution in [0, 0.1) is 17.8 Å². The molecular formula is C18H36N2. The first kappa shape index (κ1) is 16.3.